The Hall–Kier alpha value is -0.680. The van der Waals surface area contributed by atoms with Gasteiger partial charge in [0, 0.05) is 20.7 Å². The van der Waals surface area contributed by atoms with Crippen LogP contribution in [-0.4, -0.2) is 16.1 Å². The molecule has 0 spiro atoms. The van der Waals surface area contributed by atoms with E-state index in [4.69, 9.17) is 5.11 Å². The summed E-state index contributed by atoms with van der Waals surface area (Å²) in [5.41, 5.74) is 0.855. The van der Waals surface area contributed by atoms with E-state index < -0.39 is 5.97 Å². The molecule has 0 aliphatic rings. The maximum absolute atomic E-state index is 10.6. The third-order valence-corrected chi connectivity index (χ3v) is 2.60. The van der Waals surface area contributed by atoms with E-state index in [0.29, 0.717) is 5.69 Å². The van der Waals surface area contributed by atoms with Crippen LogP contribution in [0.5, 0.6) is 0 Å². The van der Waals surface area contributed by atoms with E-state index in [1.807, 2.05) is 6.07 Å². The molecule has 1 N–H and O–H groups in total. The quantitative estimate of drug-likeness (QED) is 0.852. The molecule has 1 aromatic rings. The second kappa shape index (κ2) is 4.70. The topological polar surface area (TPSA) is 50.2 Å². The Labute approximate surface area is 98.1 Å². The van der Waals surface area contributed by atoms with Crippen molar-refractivity contribution in [2.45, 2.75) is 6.92 Å². The first-order valence-electron chi connectivity index (χ1n) is 3.73. The van der Waals surface area contributed by atoms with Crippen LogP contribution in [0.25, 0.3) is 6.08 Å². The minimum absolute atomic E-state index is 0.250. The summed E-state index contributed by atoms with van der Waals surface area (Å²) < 4.78 is 1.60. The molecule has 1 heterocycles. The zero-order valence-electron chi connectivity index (χ0n) is 7.29. The van der Waals surface area contributed by atoms with Crippen molar-refractivity contribution in [1.29, 1.82) is 0 Å². The van der Waals surface area contributed by atoms with E-state index in [9.17, 15) is 4.79 Å². The molecule has 0 aliphatic carbocycles. The van der Waals surface area contributed by atoms with Crippen LogP contribution in [0.1, 0.15) is 12.6 Å². The summed E-state index contributed by atoms with van der Waals surface area (Å²) in [6.07, 6.45) is 3.13. The van der Waals surface area contributed by atoms with Crippen molar-refractivity contribution in [1.82, 2.24) is 4.98 Å². The first-order chi connectivity index (χ1) is 6.50. The van der Waals surface area contributed by atoms with Crippen molar-refractivity contribution < 1.29 is 9.90 Å². The SMILES string of the molecule is CC(=Cc1ncc(Br)cc1Br)C(=O)O. The summed E-state index contributed by atoms with van der Waals surface area (Å²) in [6, 6.07) is 1.81. The number of carboxylic acids is 1. The summed E-state index contributed by atoms with van der Waals surface area (Å²) in [5, 5.41) is 8.67. The minimum atomic E-state index is -0.943. The highest BCUT2D eigenvalue weighted by Gasteiger charge is 2.03. The molecule has 0 unspecified atom stereocenters. The highest BCUT2D eigenvalue weighted by atomic mass is 79.9. The number of hydrogen-bond acceptors (Lipinski definition) is 2. The lowest BCUT2D eigenvalue weighted by molar-refractivity contribution is -0.132. The Balaban J connectivity index is 3.09. The van der Waals surface area contributed by atoms with Gasteiger partial charge < -0.3 is 5.11 Å². The highest BCUT2D eigenvalue weighted by Crippen LogP contribution is 2.21. The first-order valence-corrected chi connectivity index (χ1v) is 5.32. The molecule has 0 fully saturated rings. The molecular weight excluding hydrogens is 314 g/mol. The second-order valence-electron chi connectivity index (χ2n) is 2.65. The molecule has 1 aromatic heterocycles. The van der Waals surface area contributed by atoms with Crippen LogP contribution in [-0.2, 0) is 4.79 Å². The zero-order valence-corrected chi connectivity index (χ0v) is 10.5. The van der Waals surface area contributed by atoms with Crippen LogP contribution in [0.2, 0.25) is 0 Å². The molecule has 1 rings (SSSR count). The monoisotopic (exact) mass is 319 g/mol. The van der Waals surface area contributed by atoms with E-state index in [1.54, 1.807) is 6.20 Å². The average molecular weight is 321 g/mol. The average Bonchev–Trinajstić information content (AvgIpc) is 2.09. The van der Waals surface area contributed by atoms with Gasteiger partial charge in [-0.15, -0.1) is 0 Å². The summed E-state index contributed by atoms with van der Waals surface area (Å²) in [5.74, 6) is -0.943. The number of rotatable bonds is 2. The third kappa shape index (κ3) is 2.92. The van der Waals surface area contributed by atoms with Crippen molar-refractivity contribution in [2.24, 2.45) is 0 Å². The maximum Gasteiger partial charge on any atom is 0.331 e. The Kier molecular flexibility index (Phi) is 3.83. The van der Waals surface area contributed by atoms with Gasteiger partial charge in [0.05, 0.1) is 5.69 Å². The summed E-state index contributed by atoms with van der Waals surface area (Å²) in [4.78, 5) is 14.6. The molecular formula is C9H7Br2NO2. The molecule has 0 atom stereocenters. The number of aromatic nitrogens is 1. The van der Waals surface area contributed by atoms with Crippen LogP contribution >= 0.6 is 31.9 Å². The van der Waals surface area contributed by atoms with Gasteiger partial charge in [-0.2, -0.15) is 0 Å². The van der Waals surface area contributed by atoms with Gasteiger partial charge in [0.1, 0.15) is 0 Å². The van der Waals surface area contributed by atoms with Crippen molar-refractivity contribution in [3.8, 4) is 0 Å². The molecule has 0 aromatic carbocycles. The van der Waals surface area contributed by atoms with E-state index >= 15 is 0 Å². The molecule has 5 heteroatoms. The van der Waals surface area contributed by atoms with E-state index in [1.165, 1.54) is 13.0 Å². The van der Waals surface area contributed by atoms with Crippen molar-refractivity contribution >= 4 is 43.9 Å². The minimum Gasteiger partial charge on any atom is -0.478 e. The summed E-state index contributed by atoms with van der Waals surface area (Å²) in [7, 11) is 0. The van der Waals surface area contributed by atoms with Gasteiger partial charge in [-0.3, -0.25) is 4.98 Å². The molecule has 3 nitrogen and oxygen atoms in total. The molecule has 0 bridgehead atoms. The lowest BCUT2D eigenvalue weighted by atomic mass is 10.2. The maximum atomic E-state index is 10.6. The summed E-state index contributed by atoms with van der Waals surface area (Å²) >= 11 is 6.56. The van der Waals surface area contributed by atoms with Crippen molar-refractivity contribution in [3.63, 3.8) is 0 Å². The van der Waals surface area contributed by atoms with Crippen LogP contribution in [0.15, 0.2) is 26.8 Å². The lowest BCUT2D eigenvalue weighted by Crippen LogP contribution is -1.96. The molecule has 74 valence electrons. The normalized spacial score (nSPS) is 11.5. The molecule has 0 aliphatic heterocycles. The predicted molar refractivity (Wildman–Crippen MR) is 60.9 cm³/mol. The smallest absolute Gasteiger partial charge is 0.331 e. The molecule has 14 heavy (non-hydrogen) atoms. The number of pyridine rings is 1. The molecule has 0 saturated heterocycles. The lowest BCUT2D eigenvalue weighted by Gasteiger charge is -1.99. The largest absolute Gasteiger partial charge is 0.478 e. The molecule has 0 saturated carbocycles. The van der Waals surface area contributed by atoms with E-state index in [2.05, 4.69) is 36.8 Å². The standard InChI is InChI=1S/C9H7Br2NO2/c1-5(9(13)14)2-8-7(11)3-6(10)4-12-8/h2-4H,1H3,(H,13,14). The Morgan fingerprint density at radius 2 is 2.21 bits per heavy atom. The van der Waals surface area contributed by atoms with E-state index in [0.717, 1.165) is 8.95 Å². The molecule has 0 amide bonds. The third-order valence-electron chi connectivity index (χ3n) is 1.53. The van der Waals surface area contributed by atoms with Gasteiger partial charge in [0.25, 0.3) is 0 Å². The van der Waals surface area contributed by atoms with E-state index in [-0.39, 0.29) is 5.57 Å². The van der Waals surface area contributed by atoms with Crippen LogP contribution < -0.4 is 0 Å². The zero-order chi connectivity index (χ0) is 10.7. The Morgan fingerprint density at radius 3 is 2.71 bits per heavy atom. The Bertz CT molecular complexity index is 402. The predicted octanol–water partition coefficient (Wildman–Crippen LogP) is 3.09. The van der Waals surface area contributed by atoms with Crippen LogP contribution in [0.4, 0.5) is 0 Å². The number of nitrogens with zero attached hydrogens (tertiary/aromatic N) is 1. The van der Waals surface area contributed by atoms with Crippen molar-refractivity contribution in [2.75, 3.05) is 0 Å². The van der Waals surface area contributed by atoms with Gasteiger partial charge >= 0.3 is 5.97 Å². The van der Waals surface area contributed by atoms with Gasteiger partial charge in [0.15, 0.2) is 0 Å². The number of aliphatic carboxylic acids is 1. The van der Waals surface area contributed by atoms with Gasteiger partial charge in [-0.1, -0.05) is 0 Å². The summed E-state index contributed by atoms with van der Waals surface area (Å²) in [6.45, 7) is 1.53. The fourth-order valence-corrected chi connectivity index (χ4v) is 1.90. The Morgan fingerprint density at radius 1 is 1.57 bits per heavy atom. The van der Waals surface area contributed by atoms with Crippen LogP contribution in [0, 0.1) is 0 Å². The van der Waals surface area contributed by atoms with Gasteiger partial charge in [0.2, 0.25) is 0 Å². The fraction of sp³-hybridized carbons (Fsp3) is 0.111. The van der Waals surface area contributed by atoms with Gasteiger partial charge in [-0.05, 0) is 50.9 Å². The number of hydrogen-bond donors (Lipinski definition) is 1. The molecule has 0 radical (unpaired) electrons. The fourth-order valence-electron chi connectivity index (χ4n) is 0.798. The first kappa shape index (κ1) is 11.4. The number of carboxylic acid groups (broad SMARTS) is 1. The van der Waals surface area contributed by atoms with Gasteiger partial charge in [-0.25, -0.2) is 4.79 Å². The highest BCUT2D eigenvalue weighted by molar-refractivity contribution is 9.11. The second-order valence-corrected chi connectivity index (χ2v) is 4.42. The number of halogens is 2. The van der Waals surface area contributed by atoms with Crippen molar-refractivity contribution in [3.05, 3.63) is 32.5 Å². The van der Waals surface area contributed by atoms with Crippen LogP contribution in [0.3, 0.4) is 0 Å². The number of carbonyl (C=O) groups is 1.